The molecule has 0 radical (unpaired) electrons. The first-order valence-electron chi connectivity index (χ1n) is 4.90. The van der Waals surface area contributed by atoms with Crippen molar-refractivity contribution >= 4 is 10.9 Å². The second-order valence-electron chi connectivity index (χ2n) is 3.60. The van der Waals surface area contributed by atoms with Gasteiger partial charge in [-0.25, -0.2) is 0 Å². The van der Waals surface area contributed by atoms with Gasteiger partial charge in [0.25, 0.3) is 0 Å². The molecule has 68 valence electrons. The van der Waals surface area contributed by atoms with Crippen molar-refractivity contribution in [3.63, 3.8) is 0 Å². The average Bonchev–Trinajstić information content (AvgIpc) is 2.93. The number of aromatic amines is 1. The van der Waals surface area contributed by atoms with Gasteiger partial charge in [-0.1, -0.05) is 37.5 Å². The van der Waals surface area contributed by atoms with Crippen molar-refractivity contribution in [3.8, 4) is 0 Å². The summed E-state index contributed by atoms with van der Waals surface area (Å²) in [5.74, 6) is 0. The number of aromatic nitrogens is 1. The van der Waals surface area contributed by atoms with E-state index in [-0.39, 0.29) is 0 Å². The third-order valence-electron chi connectivity index (χ3n) is 2.02. The van der Waals surface area contributed by atoms with Gasteiger partial charge in [-0.3, -0.25) is 0 Å². The molecule has 1 saturated carbocycles. The van der Waals surface area contributed by atoms with Crippen LogP contribution in [0, 0.1) is 6.92 Å². The highest BCUT2D eigenvalue weighted by molar-refractivity contribution is 5.79. The van der Waals surface area contributed by atoms with Crippen LogP contribution in [0.5, 0.6) is 0 Å². The minimum absolute atomic E-state index is 1.22. The number of para-hydroxylation sites is 1. The third kappa shape index (κ3) is 2.35. The van der Waals surface area contributed by atoms with Gasteiger partial charge in [-0.15, -0.1) is 0 Å². The Kier molecular flexibility index (Phi) is 2.35. The minimum Gasteiger partial charge on any atom is -0.359 e. The highest BCUT2D eigenvalue weighted by Gasteiger charge is 1.95. The van der Waals surface area contributed by atoms with E-state index >= 15 is 0 Å². The fraction of sp³-hybridized carbons (Fsp3) is 0.333. The number of nitrogens with one attached hydrogen (secondary N) is 1. The molecular weight excluding hydrogens is 158 g/mol. The standard InChI is InChI=1S/C9H9N.C3H6/c1-7-6-8-4-2-3-5-9(8)10-7;1-2-3-1/h2-6,10H,1H3;1-3H2. The molecule has 3 rings (SSSR count). The van der Waals surface area contributed by atoms with Gasteiger partial charge in [-0.05, 0) is 24.4 Å². The summed E-state index contributed by atoms with van der Waals surface area (Å²) in [4.78, 5) is 3.26. The summed E-state index contributed by atoms with van der Waals surface area (Å²) in [5.41, 5.74) is 2.45. The van der Waals surface area contributed by atoms with Crippen LogP contribution in [-0.4, -0.2) is 4.98 Å². The number of H-pyrrole nitrogens is 1. The third-order valence-corrected chi connectivity index (χ3v) is 2.02. The maximum absolute atomic E-state index is 3.26. The van der Waals surface area contributed by atoms with Gasteiger partial charge in [0.15, 0.2) is 0 Å². The molecule has 1 fully saturated rings. The summed E-state index contributed by atoms with van der Waals surface area (Å²) in [5, 5.41) is 1.29. The minimum atomic E-state index is 1.22. The molecule has 0 aliphatic heterocycles. The monoisotopic (exact) mass is 173 g/mol. The lowest BCUT2D eigenvalue weighted by Gasteiger charge is -1.83. The summed E-state index contributed by atoms with van der Waals surface area (Å²) >= 11 is 0. The van der Waals surface area contributed by atoms with Crippen LogP contribution in [0.15, 0.2) is 30.3 Å². The summed E-state index contributed by atoms with van der Waals surface area (Å²) < 4.78 is 0. The van der Waals surface area contributed by atoms with Crippen LogP contribution in [-0.2, 0) is 0 Å². The zero-order valence-corrected chi connectivity index (χ0v) is 8.01. The number of benzene rings is 1. The van der Waals surface area contributed by atoms with Gasteiger partial charge in [0.2, 0.25) is 0 Å². The quantitative estimate of drug-likeness (QED) is 0.626. The number of hydrogen-bond donors (Lipinski definition) is 1. The van der Waals surface area contributed by atoms with Gasteiger partial charge in [0.05, 0.1) is 0 Å². The van der Waals surface area contributed by atoms with Crippen molar-refractivity contribution in [2.75, 3.05) is 0 Å². The van der Waals surface area contributed by atoms with Crippen LogP contribution in [0.4, 0.5) is 0 Å². The van der Waals surface area contributed by atoms with Crippen LogP contribution >= 0.6 is 0 Å². The van der Waals surface area contributed by atoms with E-state index in [2.05, 4.69) is 36.2 Å². The van der Waals surface area contributed by atoms with Crippen molar-refractivity contribution in [1.29, 1.82) is 0 Å². The highest BCUT2D eigenvalue weighted by atomic mass is 14.7. The molecule has 0 spiro atoms. The fourth-order valence-electron chi connectivity index (χ4n) is 1.22. The molecule has 1 heteroatoms. The number of aryl methyl sites for hydroxylation is 1. The van der Waals surface area contributed by atoms with E-state index in [9.17, 15) is 0 Å². The molecule has 1 aliphatic carbocycles. The normalized spacial score (nSPS) is 13.6. The lowest BCUT2D eigenvalue weighted by Crippen LogP contribution is -1.65. The van der Waals surface area contributed by atoms with E-state index in [4.69, 9.17) is 0 Å². The molecule has 13 heavy (non-hydrogen) atoms. The molecular formula is C12H15N. The van der Waals surface area contributed by atoms with Crippen LogP contribution in [0.25, 0.3) is 10.9 Å². The Morgan fingerprint density at radius 1 is 1.08 bits per heavy atom. The van der Waals surface area contributed by atoms with Crippen LogP contribution < -0.4 is 0 Å². The van der Waals surface area contributed by atoms with Crippen molar-refractivity contribution in [3.05, 3.63) is 36.0 Å². The molecule has 0 unspecified atom stereocenters. The number of fused-ring (bicyclic) bond motifs is 1. The molecule has 1 N–H and O–H groups in total. The second kappa shape index (κ2) is 3.65. The smallest absolute Gasteiger partial charge is 0.0455 e. The van der Waals surface area contributed by atoms with Crippen LogP contribution in [0.2, 0.25) is 0 Å². The second-order valence-corrected chi connectivity index (χ2v) is 3.60. The van der Waals surface area contributed by atoms with Gasteiger partial charge in [0.1, 0.15) is 0 Å². The van der Waals surface area contributed by atoms with E-state index in [1.165, 1.54) is 35.9 Å². The highest BCUT2D eigenvalue weighted by Crippen LogP contribution is 2.15. The Balaban J connectivity index is 0.000000185. The molecule has 0 saturated heterocycles. The predicted molar refractivity (Wildman–Crippen MR) is 56.9 cm³/mol. The van der Waals surface area contributed by atoms with Crippen molar-refractivity contribution < 1.29 is 0 Å². The first-order valence-corrected chi connectivity index (χ1v) is 4.90. The Hall–Kier alpha value is -1.24. The first kappa shape index (κ1) is 8.36. The molecule has 2 aromatic rings. The number of hydrogen-bond acceptors (Lipinski definition) is 0. The molecule has 1 heterocycles. The lowest BCUT2D eigenvalue weighted by atomic mass is 10.2. The first-order chi connectivity index (χ1) is 6.36. The lowest BCUT2D eigenvalue weighted by molar-refractivity contribution is 1.30. The topological polar surface area (TPSA) is 15.8 Å². The summed E-state index contributed by atoms with van der Waals surface area (Å²) in [6.45, 7) is 2.07. The molecule has 1 aromatic carbocycles. The van der Waals surface area contributed by atoms with E-state index in [1.54, 1.807) is 0 Å². The summed E-state index contributed by atoms with van der Waals surface area (Å²) in [6.07, 6.45) is 4.50. The van der Waals surface area contributed by atoms with Crippen LogP contribution in [0.3, 0.4) is 0 Å². The Morgan fingerprint density at radius 2 is 1.77 bits per heavy atom. The SMILES string of the molecule is C1CC1.Cc1cc2ccccc2[nH]1. The summed E-state index contributed by atoms with van der Waals surface area (Å²) in [6, 6.07) is 10.4. The van der Waals surface area contributed by atoms with E-state index in [1.807, 2.05) is 6.07 Å². The summed E-state index contributed by atoms with van der Waals surface area (Å²) in [7, 11) is 0. The molecule has 1 aromatic heterocycles. The van der Waals surface area contributed by atoms with Gasteiger partial charge in [0, 0.05) is 11.2 Å². The van der Waals surface area contributed by atoms with E-state index < -0.39 is 0 Å². The largest absolute Gasteiger partial charge is 0.359 e. The van der Waals surface area contributed by atoms with Gasteiger partial charge < -0.3 is 4.98 Å². The molecule has 0 amide bonds. The average molecular weight is 173 g/mol. The molecule has 0 bridgehead atoms. The zero-order valence-electron chi connectivity index (χ0n) is 8.01. The Labute approximate surface area is 78.8 Å². The maximum Gasteiger partial charge on any atom is 0.0455 e. The van der Waals surface area contributed by atoms with E-state index in [0.29, 0.717) is 0 Å². The van der Waals surface area contributed by atoms with E-state index in [0.717, 1.165) is 0 Å². The fourth-order valence-corrected chi connectivity index (χ4v) is 1.22. The van der Waals surface area contributed by atoms with Crippen molar-refractivity contribution in [1.82, 2.24) is 4.98 Å². The van der Waals surface area contributed by atoms with Crippen molar-refractivity contribution in [2.45, 2.75) is 26.2 Å². The Morgan fingerprint density at radius 3 is 2.38 bits per heavy atom. The van der Waals surface area contributed by atoms with Gasteiger partial charge in [-0.2, -0.15) is 0 Å². The maximum atomic E-state index is 3.26. The Bertz CT molecular complexity index is 349. The van der Waals surface area contributed by atoms with Gasteiger partial charge >= 0.3 is 0 Å². The predicted octanol–water partition coefficient (Wildman–Crippen LogP) is 3.65. The molecule has 1 aliphatic rings. The van der Waals surface area contributed by atoms with Crippen LogP contribution in [0.1, 0.15) is 25.0 Å². The molecule has 0 atom stereocenters. The zero-order chi connectivity index (χ0) is 9.10. The van der Waals surface area contributed by atoms with Crippen molar-refractivity contribution in [2.24, 2.45) is 0 Å². The molecule has 1 nitrogen and oxygen atoms in total. The number of rotatable bonds is 0.